The number of anilines is 1. The van der Waals surface area contributed by atoms with Gasteiger partial charge in [0.15, 0.2) is 6.61 Å². The number of rotatable bonds is 5. The predicted octanol–water partition coefficient (Wildman–Crippen LogP) is 1.81. The van der Waals surface area contributed by atoms with E-state index in [9.17, 15) is 9.59 Å². The molecule has 2 aliphatic rings. The molecule has 0 radical (unpaired) electrons. The highest BCUT2D eigenvalue weighted by atomic mass is 35.5. The van der Waals surface area contributed by atoms with Crippen molar-refractivity contribution in [1.29, 1.82) is 0 Å². The lowest BCUT2D eigenvalue weighted by atomic mass is 9.97. The van der Waals surface area contributed by atoms with Crippen LogP contribution in [0.25, 0.3) is 0 Å². The number of nitrogens with zero attached hydrogens (tertiary/aromatic N) is 2. The van der Waals surface area contributed by atoms with Crippen molar-refractivity contribution in [3.05, 3.63) is 24.3 Å². The van der Waals surface area contributed by atoms with Crippen LogP contribution in [0.4, 0.5) is 5.69 Å². The third kappa shape index (κ3) is 4.86. The Labute approximate surface area is 154 Å². The molecule has 3 rings (SSSR count). The molecule has 7 heteroatoms. The minimum Gasteiger partial charge on any atom is -0.484 e. The molecule has 2 aliphatic heterocycles. The van der Waals surface area contributed by atoms with E-state index in [1.165, 1.54) is 0 Å². The normalized spacial score (nSPS) is 18.2. The molecule has 2 N–H and O–H groups in total. The van der Waals surface area contributed by atoms with E-state index in [0.717, 1.165) is 44.6 Å². The lowest BCUT2D eigenvalue weighted by Gasteiger charge is -2.31. The van der Waals surface area contributed by atoms with Crippen molar-refractivity contribution in [2.24, 2.45) is 11.7 Å². The van der Waals surface area contributed by atoms with Crippen LogP contribution in [0, 0.1) is 5.92 Å². The van der Waals surface area contributed by atoms with E-state index in [2.05, 4.69) is 0 Å². The van der Waals surface area contributed by atoms with E-state index in [1.54, 1.807) is 4.90 Å². The molecule has 2 heterocycles. The summed E-state index contributed by atoms with van der Waals surface area (Å²) in [5.41, 5.74) is 6.56. The molecule has 2 saturated heterocycles. The van der Waals surface area contributed by atoms with Gasteiger partial charge >= 0.3 is 0 Å². The summed E-state index contributed by atoms with van der Waals surface area (Å²) in [5.74, 6) is 1.37. The van der Waals surface area contributed by atoms with E-state index < -0.39 is 0 Å². The van der Waals surface area contributed by atoms with Gasteiger partial charge in [0, 0.05) is 31.7 Å². The molecular formula is C18H26ClN3O3. The van der Waals surface area contributed by atoms with Gasteiger partial charge in [0.2, 0.25) is 5.91 Å². The summed E-state index contributed by atoms with van der Waals surface area (Å²) >= 11 is 0. The number of carbonyl (C=O) groups is 2. The number of nitrogens with two attached hydrogens (primary N) is 1. The molecule has 138 valence electrons. The Morgan fingerprint density at radius 1 is 1.16 bits per heavy atom. The number of likely N-dealkylation sites (tertiary alicyclic amines) is 1. The van der Waals surface area contributed by atoms with Crippen molar-refractivity contribution in [2.45, 2.75) is 25.7 Å². The highest BCUT2D eigenvalue weighted by Gasteiger charge is 2.23. The van der Waals surface area contributed by atoms with Crippen LogP contribution in [0.3, 0.4) is 0 Å². The van der Waals surface area contributed by atoms with Crippen molar-refractivity contribution in [2.75, 3.05) is 37.7 Å². The lowest BCUT2D eigenvalue weighted by Crippen LogP contribution is -2.42. The lowest BCUT2D eigenvalue weighted by molar-refractivity contribution is -0.134. The zero-order valence-corrected chi connectivity index (χ0v) is 15.2. The second-order valence-corrected chi connectivity index (χ2v) is 6.49. The largest absolute Gasteiger partial charge is 0.484 e. The fraction of sp³-hybridized carbons (Fsp3) is 0.556. The van der Waals surface area contributed by atoms with Crippen molar-refractivity contribution < 1.29 is 14.3 Å². The summed E-state index contributed by atoms with van der Waals surface area (Å²) in [6.07, 6.45) is 3.47. The second-order valence-electron chi connectivity index (χ2n) is 6.49. The van der Waals surface area contributed by atoms with E-state index in [-0.39, 0.29) is 30.8 Å². The Kier molecular flexibility index (Phi) is 7.08. The maximum absolute atomic E-state index is 12.2. The van der Waals surface area contributed by atoms with Gasteiger partial charge in [-0.3, -0.25) is 9.59 Å². The summed E-state index contributed by atoms with van der Waals surface area (Å²) in [6, 6.07) is 7.37. The van der Waals surface area contributed by atoms with Crippen LogP contribution in [0.15, 0.2) is 24.3 Å². The Morgan fingerprint density at radius 3 is 2.40 bits per heavy atom. The molecule has 0 unspecified atom stereocenters. The topological polar surface area (TPSA) is 75.9 Å². The van der Waals surface area contributed by atoms with Gasteiger partial charge in [-0.15, -0.1) is 12.4 Å². The van der Waals surface area contributed by atoms with Gasteiger partial charge in [-0.2, -0.15) is 0 Å². The molecule has 25 heavy (non-hydrogen) atoms. The smallest absolute Gasteiger partial charge is 0.260 e. The maximum atomic E-state index is 12.2. The number of carbonyl (C=O) groups excluding carboxylic acids is 2. The van der Waals surface area contributed by atoms with Crippen LogP contribution < -0.4 is 15.4 Å². The third-order valence-corrected chi connectivity index (χ3v) is 4.88. The van der Waals surface area contributed by atoms with Gasteiger partial charge < -0.3 is 20.3 Å². The fourth-order valence-electron chi connectivity index (χ4n) is 3.30. The highest BCUT2D eigenvalue weighted by molar-refractivity contribution is 5.95. The summed E-state index contributed by atoms with van der Waals surface area (Å²) in [5, 5.41) is 0. The minimum absolute atomic E-state index is 0. The minimum atomic E-state index is 0. The fourth-order valence-corrected chi connectivity index (χ4v) is 3.30. The SMILES string of the molecule is Cl.NCC1CCN(C(=O)COc2ccc(N3CCCC3=O)cc2)CC1. The van der Waals surface area contributed by atoms with Gasteiger partial charge in [-0.25, -0.2) is 0 Å². The Bertz CT molecular complexity index is 586. The number of ether oxygens (including phenoxy) is 1. The van der Waals surface area contributed by atoms with Crippen LogP contribution in [-0.4, -0.2) is 49.5 Å². The molecule has 1 aromatic rings. The van der Waals surface area contributed by atoms with Crippen molar-refractivity contribution in [3.8, 4) is 5.75 Å². The molecule has 6 nitrogen and oxygen atoms in total. The zero-order valence-electron chi connectivity index (χ0n) is 14.4. The van der Waals surface area contributed by atoms with Crippen LogP contribution in [0.1, 0.15) is 25.7 Å². The average Bonchev–Trinajstić information content (AvgIpc) is 3.06. The quantitative estimate of drug-likeness (QED) is 0.861. The monoisotopic (exact) mass is 367 g/mol. The molecular weight excluding hydrogens is 342 g/mol. The highest BCUT2D eigenvalue weighted by Crippen LogP contribution is 2.24. The Morgan fingerprint density at radius 2 is 1.84 bits per heavy atom. The van der Waals surface area contributed by atoms with E-state index in [1.807, 2.05) is 29.2 Å². The van der Waals surface area contributed by atoms with Gasteiger partial charge in [-0.1, -0.05) is 0 Å². The molecule has 1 aromatic carbocycles. The van der Waals surface area contributed by atoms with Crippen LogP contribution in [0.5, 0.6) is 5.75 Å². The van der Waals surface area contributed by atoms with E-state index >= 15 is 0 Å². The number of piperidine rings is 1. The first kappa shape index (κ1) is 19.5. The molecule has 0 aliphatic carbocycles. The van der Waals surface area contributed by atoms with Crippen LogP contribution in [0.2, 0.25) is 0 Å². The van der Waals surface area contributed by atoms with E-state index in [4.69, 9.17) is 10.5 Å². The number of hydrogen-bond donors (Lipinski definition) is 1. The molecule has 2 amide bonds. The van der Waals surface area contributed by atoms with Crippen LogP contribution >= 0.6 is 12.4 Å². The van der Waals surface area contributed by atoms with Gasteiger partial charge in [0.1, 0.15) is 5.75 Å². The average molecular weight is 368 g/mol. The number of benzene rings is 1. The first-order valence-corrected chi connectivity index (χ1v) is 8.68. The molecule has 0 bridgehead atoms. The number of amides is 2. The Balaban J connectivity index is 0.00000225. The van der Waals surface area contributed by atoms with Crippen LogP contribution in [-0.2, 0) is 9.59 Å². The molecule has 0 saturated carbocycles. The molecule has 0 aromatic heterocycles. The third-order valence-electron chi connectivity index (χ3n) is 4.88. The number of halogens is 1. The standard InChI is InChI=1S/C18H25N3O3.ClH/c19-12-14-7-10-20(11-8-14)18(23)13-24-16-5-3-15(4-6-16)21-9-1-2-17(21)22;/h3-6,14H,1-2,7-13,19H2;1H. The summed E-state index contributed by atoms with van der Waals surface area (Å²) in [7, 11) is 0. The first-order chi connectivity index (χ1) is 11.7. The maximum Gasteiger partial charge on any atom is 0.260 e. The summed E-state index contributed by atoms with van der Waals surface area (Å²) in [6.45, 7) is 3.05. The number of hydrogen-bond acceptors (Lipinski definition) is 4. The van der Waals surface area contributed by atoms with Gasteiger partial charge in [0.05, 0.1) is 0 Å². The molecule has 2 fully saturated rings. The molecule has 0 atom stereocenters. The summed E-state index contributed by atoms with van der Waals surface area (Å²) in [4.78, 5) is 27.6. The van der Waals surface area contributed by atoms with E-state index in [0.29, 0.717) is 24.6 Å². The Hall–Kier alpha value is -1.79. The predicted molar refractivity (Wildman–Crippen MR) is 99.1 cm³/mol. The van der Waals surface area contributed by atoms with Crippen molar-refractivity contribution >= 4 is 29.9 Å². The van der Waals surface area contributed by atoms with Gasteiger partial charge in [-0.05, 0) is 56.0 Å². The first-order valence-electron chi connectivity index (χ1n) is 8.68. The summed E-state index contributed by atoms with van der Waals surface area (Å²) < 4.78 is 5.60. The van der Waals surface area contributed by atoms with Crippen molar-refractivity contribution in [3.63, 3.8) is 0 Å². The second kappa shape index (κ2) is 9.06. The zero-order chi connectivity index (χ0) is 16.9. The molecule has 0 spiro atoms. The van der Waals surface area contributed by atoms with Gasteiger partial charge in [0.25, 0.3) is 5.91 Å². The van der Waals surface area contributed by atoms with Crippen molar-refractivity contribution in [1.82, 2.24) is 4.90 Å².